The number of ether oxygens (including phenoxy) is 2. The molecule has 0 atom stereocenters. The van der Waals surface area contributed by atoms with Crippen molar-refractivity contribution in [3.8, 4) is 11.5 Å². The number of methoxy groups -OCH3 is 1. The molecule has 0 unspecified atom stereocenters. The number of hydrogen-bond donors (Lipinski definition) is 0. The summed E-state index contributed by atoms with van der Waals surface area (Å²) in [6.07, 6.45) is 1.81. The van der Waals surface area contributed by atoms with Crippen molar-refractivity contribution in [3.05, 3.63) is 86.3 Å². The largest absolute Gasteiger partial charge is 0.497 e. The van der Waals surface area contributed by atoms with Gasteiger partial charge in [0, 0.05) is 16.3 Å². The highest BCUT2D eigenvalue weighted by molar-refractivity contribution is 9.11. The molecule has 0 N–H and O–H groups in total. The van der Waals surface area contributed by atoms with Crippen LogP contribution in [0.25, 0.3) is 0 Å². The van der Waals surface area contributed by atoms with E-state index in [4.69, 9.17) is 9.47 Å². The van der Waals surface area contributed by atoms with Crippen LogP contribution in [0.4, 0.5) is 5.69 Å². The van der Waals surface area contributed by atoms with Gasteiger partial charge in [-0.1, -0.05) is 45.8 Å². The van der Waals surface area contributed by atoms with Crippen LogP contribution in [0.15, 0.2) is 74.6 Å². The molecule has 0 spiro atoms. The monoisotopic (exact) mass is 487 g/mol. The topological polar surface area (TPSA) is 30.8 Å². The van der Waals surface area contributed by atoms with Crippen molar-refractivity contribution in [2.75, 3.05) is 7.11 Å². The van der Waals surface area contributed by atoms with Crippen molar-refractivity contribution in [1.29, 1.82) is 0 Å². The van der Waals surface area contributed by atoms with Crippen LogP contribution in [0.2, 0.25) is 0 Å². The summed E-state index contributed by atoms with van der Waals surface area (Å²) in [5.74, 6) is 1.57. The van der Waals surface area contributed by atoms with Gasteiger partial charge in [-0.15, -0.1) is 0 Å². The van der Waals surface area contributed by atoms with E-state index in [0.29, 0.717) is 6.61 Å². The predicted octanol–water partition coefficient (Wildman–Crippen LogP) is 6.86. The number of benzene rings is 3. The maximum absolute atomic E-state index is 6.09. The Labute approximate surface area is 176 Å². The van der Waals surface area contributed by atoms with Crippen molar-refractivity contribution < 1.29 is 9.47 Å². The molecule has 5 heteroatoms. The van der Waals surface area contributed by atoms with E-state index < -0.39 is 0 Å². The van der Waals surface area contributed by atoms with E-state index in [9.17, 15) is 0 Å². The number of hydrogen-bond acceptors (Lipinski definition) is 3. The molecular formula is C22H19Br2NO2. The van der Waals surface area contributed by atoms with E-state index in [-0.39, 0.29) is 0 Å². The Morgan fingerprint density at radius 2 is 1.67 bits per heavy atom. The molecule has 0 radical (unpaired) electrons. The van der Waals surface area contributed by atoms with Gasteiger partial charge in [-0.05, 0) is 64.8 Å². The molecule has 138 valence electrons. The second kappa shape index (κ2) is 9.20. The maximum atomic E-state index is 6.09. The maximum Gasteiger partial charge on any atom is 0.142 e. The Morgan fingerprint density at radius 3 is 2.33 bits per heavy atom. The zero-order valence-corrected chi connectivity index (χ0v) is 18.2. The fraction of sp³-hybridized carbons (Fsp3) is 0.136. The molecule has 0 fully saturated rings. The third-order valence-corrected chi connectivity index (χ3v) is 5.01. The lowest BCUT2D eigenvalue weighted by molar-refractivity contribution is 0.304. The molecule has 0 aliphatic rings. The van der Waals surface area contributed by atoms with E-state index in [1.54, 1.807) is 7.11 Å². The van der Waals surface area contributed by atoms with Crippen LogP contribution in [0.5, 0.6) is 11.5 Å². The zero-order chi connectivity index (χ0) is 19.2. The summed E-state index contributed by atoms with van der Waals surface area (Å²) in [4.78, 5) is 4.56. The van der Waals surface area contributed by atoms with Gasteiger partial charge < -0.3 is 9.47 Å². The van der Waals surface area contributed by atoms with Gasteiger partial charge in [-0.3, -0.25) is 4.99 Å². The molecule has 0 amide bonds. The van der Waals surface area contributed by atoms with Crippen molar-refractivity contribution in [2.45, 2.75) is 13.5 Å². The highest BCUT2D eigenvalue weighted by Gasteiger charge is 2.09. The van der Waals surface area contributed by atoms with E-state index in [1.807, 2.05) is 42.6 Å². The first kappa shape index (κ1) is 19.6. The summed E-state index contributed by atoms with van der Waals surface area (Å²) in [7, 11) is 1.65. The second-order valence-electron chi connectivity index (χ2n) is 6.04. The molecule has 3 rings (SSSR count). The number of nitrogens with zero attached hydrogens (tertiary/aromatic N) is 1. The lowest BCUT2D eigenvalue weighted by Gasteiger charge is -2.12. The van der Waals surface area contributed by atoms with Crippen LogP contribution >= 0.6 is 31.9 Å². The fourth-order valence-corrected chi connectivity index (χ4v) is 3.85. The Morgan fingerprint density at radius 1 is 0.963 bits per heavy atom. The Balaban J connectivity index is 1.82. The molecule has 0 aliphatic heterocycles. The van der Waals surface area contributed by atoms with Crippen LogP contribution in [-0.4, -0.2) is 13.3 Å². The smallest absolute Gasteiger partial charge is 0.142 e. The highest BCUT2D eigenvalue weighted by Crippen LogP contribution is 2.33. The van der Waals surface area contributed by atoms with Crippen LogP contribution in [0, 0.1) is 6.92 Å². The van der Waals surface area contributed by atoms with Crippen LogP contribution in [0.3, 0.4) is 0 Å². The summed E-state index contributed by atoms with van der Waals surface area (Å²) < 4.78 is 13.1. The highest BCUT2D eigenvalue weighted by atomic mass is 79.9. The number of halogens is 2. The average Bonchev–Trinajstić information content (AvgIpc) is 2.67. The molecular weight excluding hydrogens is 470 g/mol. The number of rotatable bonds is 6. The van der Waals surface area contributed by atoms with Gasteiger partial charge in [-0.2, -0.15) is 0 Å². The minimum atomic E-state index is 0.490. The Bertz CT molecular complexity index is 936. The van der Waals surface area contributed by atoms with Crippen LogP contribution in [0.1, 0.15) is 16.7 Å². The summed E-state index contributed by atoms with van der Waals surface area (Å²) in [6.45, 7) is 2.56. The van der Waals surface area contributed by atoms with E-state index >= 15 is 0 Å². The minimum Gasteiger partial charge on any atom is -0.497 e. The molecule has 0 aromatic heterocycles. The summed E-state index contributed by atoms with van der Waals surface area (Å²) in [5.41, 5.74) is 4.08. The van der Waals surface area contributed by atoms with Gasteiger partial charge >= 0.3 is 0 Å². The summed E-state index contributed by atoms with van der Waals surface area (Å²) in [5, 5.41) is 0. The minimum absolute atomic E-state index is 0.490. The molecule has 27 heavy (non-hydrogen) atoms. The SMILES string of the molecule is COc1ccc(N=Cc2cc(Br)cc(Br)c2OCc2ccc(C)cc2)cc1. The first-order valence-corrected chi connectivity index (χ1v) is 9.99. The third-order valence-electron chi connectivity index (χ3n) is 3.97. The van der Waals surface area contributed by atoms with E-state index in [0.717, 1.165) is 37.3 Å². The van der Waals surface area contributed by atoms with Crippen LogP contribution < -0.4 is 9.47 Å². The molecule has 0 aliphatic carbocycles. The molecule has 0 saturated heterocycles. The molecule has 3 aromatic carbocycles. The quantitative estimate of drug-likeness (QED) is 0.355. The number of aryl methyl sites for hydroxylation is 1. The van der Waals surface area contributed by atoms with E-state index in [1.165, 1.54) is 5.56 Å². The molecule has 0 saturated carbocycles. The Kier molecular flexibility index (Phi) is 6.69. The zero-order valence-electron chi connectivity index (χ0n) is 15.1. The fourth-order valence-electron chi connectivity index (χ4n) is 2.48. The first-order valence-electron chi connectivity index (χ1n) is 8.40. The average molecular weight is 489 g/mol. The Hall–Kier alpha value is -2.11. The van der Waals surface area contributed by atoms with Gasteiger partial charge in [0.15, 0.2) is 0 Å². The second-order valence-corrected chi connectivity index (χ2v) is 7.81. The molecule has 3 aromatic rings. The van der Waals surface area contributed by atoms with Crippen molar-refractivity contribution >= 4 is 43.8 Å². The lowest BCUT2D eigenvalue weighted by Crippen LogP contribution is -1.99. The number of aliphatic imine (C=N–C) groups is 1. The van der Waals surface area contributed by atoms with Crippen molar-refractivity contribution in [1.82, 2.24) is 0 Å². The van der Waals surface area contributed by atoms with Gasteiger partial charge in [0.05, 0.1) is 17.3 Å². The normalized spacial score (nSPS) is 11.0. The van der Waals surface area contributed by atoms with Gasteiger partial charge in [-0.25, -0.2) is 0 Å². The van der Waals surface area contributed by atoms with Gasteiger partial charge in [0.1, 0.15) is 18.1 Å². The third kappa shape index (κ3) is 5.44. The standard InChI is InChI=1S/C22H19Br2NO2/c1-15-3-5-16(6-4-15)14-27-22-17(11-18(23)12-21(22)24)13-25-19-7-9-20(26-2)10-8-19/h3-13H,14H2,1-2H3. The molecule has 3 nitrogen and oxygen atoms in total. The molecule has 0 heterocycles. The van der Waals surface area contributed by atoms with E-state index in [2.05, 4.69) is 68.0 Å². The van der Waals surface area contributed by atoms with Gasteiger partial charge in [0.2, 0.25) is 0 Å². The predicted molar refractivity (Wildman–Crippen MR) is 118 cm³/mol. The lowest BCUT2D eigenvalue weighted by atomic mass is 10.1. The summed E-state index contributed by atoms with van der Waals surface area (Å²) >= 11 is 7.13. The van der Waals surface area contributed by atoms with Gasteiger partial charge in [0.25, 0.3) is 0 Å². The molecule has 0 bridgehead atoms. The summed E-state index contributed by atoms with van der Waals surface area (Å²) in [6, 6.07) is 19.9. The van der Waals surface area contributed by atoms with Crippen molar-refractivity contribution in [2.24, 2.45) is 4.99 Å². The van der Waals surface area contributed by atoms with Crippen LogP contribution in [-0.2, 0) is 6.61 Å². The first-order chi connectivity index (χ1) is 13.0. The van der Waals surface area contributed by atoms with Crippen molar-refractivity contribution in [3.63, 3.8) is 0 Å².